The molecule has 0 radical (unpaired) electrons. The lowest BCUT2D eigenvalue weighted by Gasteiger charge is -2.33. The number of likely N-dealkylation sites (tertiary alicyclic amines) is 1. The van der Waals surface area contributed by atoms with E-state index in [1.807, 2.05) is 12.1 Å². The van der Waals surface area contributed by atoms with Crippen LogP contribution in [0.5, 0.6) is 0 Å². The standard InChI is InChI=1S/C15H21N5O2/c21-15(19-12-9-17-18-10-12)16-11-13(14-5-4-8-22-14)20-6-2-1-3-7-20/h4-5,8-10,13H,1-3,6-7,11H2,(H,17,18)(H2,16,19,21)/t13-/m0/s1. The summed E-state index contributed by atoms with van der Waals surface area (Å²) in [5, 5.41) is 12.1. The average Bonchev–Trinajstić information content (AvgIpc) is 3.22. The van der Waals surface area contributed by atoms with Crippen molar-refractivity contribution < 1.29 is 9.21 Å². The van der Waals surface area contributed by atoms with Crippen LogP contribution in [0.15, 0.2) is 35.2 Å². The summed E-state index contributed by atoms with van der Waals surface area (Å²) in [6.07, 6.45) is 8.53. The van der Waals surface area contributed by atoms with Crippen LogP contribution in [0.25, 0.3) is 0 Å². The Morgan fingerprint density at radius 1 is 1.41 bits per heavy atom. The van der Waals surface area contributed by atoms with Gasteiger partial charge in [-0.25, -0.2) is 4.79 Å². The molecule has 2 amide bonds. The minimum atomic E-state index is -0.241. The first-order valence-electron chi connectivity index (χ1n) is 7.64. The van der Waals surface area contributed by atoms with Crippen molar-refractivity contribution in [1.82, 2.24) is 20.4 Å². The molecule has 0 spiro atoms. The van der Waals surface area contributed by atoms with E-state index < -0.39 is 0 Å². The molecule has 118 valence electrons. The SMILES string of the molecule is O=C(NC[C@@H](c1ccco1)N1CCCCC1)Nc1cn[nH]c1. The lowest BCUT2D eigenvalue weighted by Crippen LogP contribution is -2.41. The fraction of sp³-hybridized carbons (Fsp3) is 0.467. The van der Waals surface area contributed by atoms with E-state index in [4.69, 9.17) is 4.42 Å². The summed E-state index contributed by atoms with van der Waals surface area (Å²) in [7, 11) is 0. The zero-order valence-electron chi connectivity index (χ0n) is 12.4. The number of hydrogen-bond donors (Lipinski definition) is 3. The molecule has 0 aliphatic carbocycles. The smallest absolute Gasteiger partial charge is 0.319 e. The predicted molar refractivity (Wildman–Crippen MR) is 82.5 cm³/mol. The van der Waals surface area contributed by atoms with Crippen molar-refractivity contribution >= 4 is 11.7 Å². The summed E-state index contributed by atoms with van der Waals surface area (Å²) in [6.45, 7) is 2.59. The maximum atomic E-state index is 12.0. The van der Waals surface area contributed by atoms with Crippen molar-refractivity contribution in [3.05, 3.63) is 36.5 Å². The van der Waals surface area contributed by atoms with Crippen LogP contribution in [0.1, 0.15) is 31.1 Å². The van der Waals surface area contributed by atoms with Crippen molar-refractivity contribution in [2.45, 2.75) is 25.3 Å². The number of hydrogen-bond acceptors (Lipinski definition) is 4. The molecule has 2 aromatic rings. The fourth-order valence-corrected chi connectivity index (χ4v) is 2.80. The molecule has 3 heterocycles. The van der Waals surface area contributed by atoms with E-state index in [1.165, 1.54) is 19.3 Å². The molecule has 0 saturated carbocycles. The highest BCUT2D eigenvalue weighted by atomic mass is 16.3. The van der Waals surface area contributed by atoms with E-state index in [1.54, 1.807) is 18.7 Å². The molecule has 0 aromatic carbocycles. The van der Waals surface area contributed by atoms with Gasteiger partial charge in [-0.3, -0.25) is 10.00 Å². The second-order valence-electron chi connectivity index (χ2n) is 5.45. The van der Waals surface area contributed by atoms with Crippen molar-refractivity contribution in [2.75, 3.05) is 25.0 Å². The first-order chi connectivity index (χ1) is 10.8. The first kappa shape index (κ1) is 14.6. The maximum absolute atomic E-state index is 12.0. The molecule has 7 heteroatoms. The third kappa shape index (κ3) is 3.67. The third-order valence-electron chi connectivity index (χ3n) is 3.92. The molecule has 1 fully saturated rings. The Kier molecular flexibility index (Phi) is 4.75. The van der Waals surface area contributed by atoms with Gasteiger partial charge in [0.2, 0.25) is 0 Å². The largest absolute Gasteiger partial charge is 0.468 e. The highest BCUT2D eigenvalue weighted by molar-refractivity contribution is 5.88. The Bertz CT molecular complexity index is 561. The zero-order valence-corrected chi connectivity index (χ0v) is 12.4. The quantitative estimate of drug-likeness (QED) is 0.791. The van der Waals surface area contributed by atoms with Gasteiger partial charge in [-0.15, -0.1) is 0 Å². The Morgan fingerprint density at radius 3 is 2.95 bits per heavy atom. The summed E-state index contributed by atoms with van der Waals surface area (Å²) < 4.78 is 5.56. The van der Waals surface area contributed by atoms with Crippen molar-refractivity contribution in [1.29, 1.82) is 0 Å². The Labute approximate surface area is 129 Å². The number of piperidine rings is 1. The minimum absolute atomic E-state index is 0.0744. The maximum Gasteiger partial charge on any atom is 0.319 e. The summed E-state index contributed by atoms with van der Waals surface area (Å²) in [5.74, 6) is 0.894. The van der Waals surface area contributed by atoms with Crippen LogP contribution in [0, 0.1) is 0 Å². The van der Waals surface area contributed by atoms with Crippen LogP contribution in [-0.4, -0.2) is 40.8 Å². The summed E-state index contributed by atoms with van der Waals surface area (Å²) >= 11 is 0. The molecule has 1 atom stereocenters. The van der Waals surface area contributed by atoms with Crippen molar-refractivity contribution in [2.24, 2.45) is 0 Å². The van der Waals surface area contributed by atoms with Gasteiger partial charge in [-0.2, -0.15) is 5.10 Å². The van der Waals surface area contributed by atoms with Crippen molar-refractivity contribution in [3.8, 4) is 0 Å². The number of aromatic amines is 1. The Hall–Kier alpha value is -2.28. The molecular weight excluding hydrogens is 282 g/mol. The van der Waals surface area contributed by atoms with Crippen molar-refractivity contribution in [3.63, 3.8) is 0 Å². The van der Waals surface area contributed by atoms with Crippen LogP contribution < -0.4 is 10.6 Å². The van der Waals surface area contributed by atoms with Gasteiger partial charge in [0, 0.05) is 12.7 Å². The molecule has 0 unspecified atom stereocenters. The topological polar surface area (TPSA) is 86.2 Å². The number of urea groups is 1. The average molecular weight is 303 g/mol. The van der Waals surface area contributed by atoms with Crippen LogP contribution in [0.2, 0.25) is 0 Å². The van der Waals surface area contributed by atoms with E-state index >= 15 is 0 Å². The second kappa shape index (κ2) is 7.13. The number of carbonyl (C=O) groups excluding carboxylic acids is 1. The number of nitrogens with one attached hydrogen (secondary N) is 3. The zero-order chi connectivity index (χ0) is 15.2. The number of furan rings is 1. The number of aromatic nitrogens is 2. The number of anilines is 1. The van der Waals surface area contributed by atoms with Gasteiger partial charge in [-0.05, 0) is 38.1 Å². The van der Waals surface area contributed by atoms with Gasteiger partial charge in [0.1, 0.15) is 5.76 Å². The van der Waals surface area contributed by atoms with Gasteiger partial charge in [-0.1, -0.05) is 6.42 Å². The van der Waals surface area contributed by atoms with E-state index in [2.05, 4.69) is 25.7 Å². The van der Waals surface area contributed by atoms with Gasteiger partial charge in [0.25, 0.3) is 0 Å². The lowest BCUT2D eigenvalue weighted by molar-refractivity contribution is 0.144. The van der Waals surface area contributed by atoms with Crippen LogP contribution in [0.3, 0.4) is 0 Å². The van der Waals surface area contributed by atoms with Gasteiger partial charge < -0.3 is 15.1 Å². The Balaban J connectivity index is 1.59. The molecule has 3 rings (SSSR count). The predicted octanol–water partition coefficient (Wildman–Crippen LogP) is 2.35. The molecule has 0 bridgehead atoms. The molecule has 2 aromatic heterocycles. The summed E-state index contributed by atoms with van der Waals surface area (Å²) in [4.78, 5) is 14.3. The van der Waals surface area contributed by atoms with Gasteiger partial charge in [0.15, 0.2) is 0 Å². The van der Waals surface area contributed by atoms with Gasteiger partial charge >= 0.3 is 6.03 Å². The molecule has 22 heavy (non-hydrogen) atoms. The van der Waals surface area contributed by atoms with Crippen LogP contribution in [0.4, 0.5) is 10.5 Å². The second-order valence-corrected chi connectivity index (χ2v) is 5.45. The van der Waals surface area contributed by atoms with E-state index in [0.717, 1.165) is 18.8 Å². The lowest BCUT2D eigenvalue weighted by atomic mass is 10.1. The third-order valence-corrected chi connectivity index (χ3v) is 3.92. The highest BCUT2D eigenvalue weighted by Crippen LogP contribution is 2.24. The van der Waals surface area contributed by atoms with E-state index in [-0.39, 0.29) is 12.1 Å². The van der Waals surface area contributed by atoms with Crippen LogP contribution >= 0.6 is 0 Å². The monoisotopic (exact) mass is 303 g/mol. The summed E-state index contributed by atoms with van der Waals surface area (Å²) in [5.41, 5.74) is 0.644. The number of carbonyl (C=O) groups is 1. The first-order valence-corrected chi connectivity index (χ1v) is 7.64. The minimum Gasteiger partial charge on any atom is -0.468 e. The van der Waals surface area contributed by atoms with Crippen LogP contribution in [-0.2, 0) is 0 Å². The number of nitrogens with zero attached hydrogens (tertiary/aromatic N) is 2. The fourth-order valence-electron chi connectivity index (χ4n) is 2.80. The summed E-state index contributed by atoms with van der Waals surface area (Å²) in [6, 6.07) is 3.69. The molecular formula is C15H21N5O2. The van der Waals surface area contributed by atoms with Gasteiger partial charge in [0.05, 0.1) is 24.2 Å². The molecule has 1 aliphatic rings. The molecule has 3 N–H and O–H groups in total. The Morgan fingerprint density at radius 2 is 2.27 bits per heavy atom. The number of H-pyrrole nitrogens is 1. The van der Waals surface area contributed by atoms with E-state index in [9.17, 15) is 4.79 Å². The number of amides is 2. The molecule has 1 saturated heterocycles. The molecule has 7 nitrogen and oxygen atoms in total. The molecule has 1 aliphatic heterocycles. The number of rotatable bonds is 5. The highest BCUT2D eigenvalue weighted by Gasteiger charge is 2.24. The normalized spacial score (nSPS) is 17.1. The van der Waals surface area contributed by atoms with E-state index in [0.29, 0.717) is 12.2 Å².